The third-order valence-electron chi connectivity index (χ3n) is 1.61. The second-order valence-electron chi connectivity index (χ2n) is 2.66. The van der Waals surface area contributed by atoms with Crippen LogP contribution in [0, 0.1) is 17.3 Å². The van der Waals surface area contributed by atoms with Crippen molar-refractivity contribution in [3.63, 3.8) is 0 Å². The predicted molar refractivity (Wildman–Crippen MR) is 55.0 cm³/mol. The second kappa shape index (κ2) is 4.83. The highest BCUT2D eigenvalue weighted by molar-refractivity contribution is 5.94. The summed E-state index contributed by atoms with van der Waals surface area (Å²) in [7, 11) is 0. The van der Waals surface area contributed by atoms with Crippen LogP contribution in [0.15, 0.2) is 24.3 Å². The van der Waals surface area contributed by atoms with Gasteiger partial charge in [-0.2, -0.15) is 0 Å². The Kier molecular flexibility index (Phi) is 3.45. The van der Waals surface area contributed by atoms with E-state index in [0.29, 0.717) is 5.56 Å². The lowest BCUT2D eigenvalue weighted by atomic mass is 10.1. The molecular weight excluding hydrogens is 176 g/mol. The first kappa shape index (κ1) is 10.0. The number of nitrogen functional groups attached to an aromatic ring is 1. The van der Waals surface area contributed by atoms with E-state index in [1.165, 1.54) is 0 Å². The Hall–Kier alpha value is -2.08. The summed E-state index contributed by atoms with van der Waals surface area (Å²) in [6, 6.07) is 7.00. The fourth-order valence-electron chi connectivity index (χ4n) is 0.928. The van der Waals surface area contributed by atoms with Gasteiger partial charge in [0.15, 0.2) is 0 Å². The molecule has 0 amide bonds. The lowest BCUT2D eigenvalue weighted by Crippen LogP contribution is -2.10. The van der Waals surface area contributed by atoms with Crippen LogP contribution in [0.2, 0.25) is 0 Å². The van der Waals surface area contributed by atoms with Crippen molar-refractivity contribution in [3.05, 3.63) is 35.4 Å². The minimum atomic E-state index is 0.0393. The van der Waals surface area contributed by atoms with E-state index >= 15 is 0 Å². The van der Waals surface area contributed by atoms with Crippen LogP contribution in [-0.4, -0.2) is 12.1 Å². The number of aldehydes is 1. The summed E-state index contributed by atoms with van der Waals surface area (Å²) in [5.74, 6) is 5.56. The fraction of sp³-hybridized carbons (Fsp3) is 0.0909. The zero-order valence-electron chi connectivity index (χ0n) is 7.58. The normalized spacial score (nSPS) is 8.57. The van der Waals surface area contributed by atoms with Gasteiger partial charge in [0.25, 0.3) is 0 Å². The highest BCUT2D eigenvalue weighted by Crippen LogP contribution is 2.01. The molecule has 0 aromatic heterocycles. The zero-order valence-corrected chi connectivity index (χ0v) is 7.58. The number of carbonyl (C=O) groups excluding carboxylic acids is 1. The summed E-state index contributed by atoms with van der Waals surface area (Å²) < 4.78 is 0. The van der Waals surface area contributed by atoms with Gasteiger partial charge in [-0.05, 0) is 12.1 Å². The molecule has 14 heavy (non-hydrogen) atoms. The maximum Gasteiger partial charge on any atom is 0.131 e. The molecule has 0 aliphatic heterocycles. The molecule has 0 unspecified atom stereocenters. The molecule has 0 bridgehead atoms. The fourth-order valence-corrected chi connectivity index (χ4v) is 0.928. The van der Waals surface area contributed by atoms with E-state index in [1.807, 2.05) is 0 Å². The summed E-state index contributed by atoms with van der Waals surface area (Å²) >= 11 is 0. The Bertz CT molecular complexity index is 396. The number of hydrogen-bond donors (Lipinski definition) is 2. The van der Waals surface area contributed by atoms with E-state index < -0.39 is 0 Å². The molecule has 0 heterocycles. The molecule has 0 spiro atoms. The highest BCUT2D eigenvalue weighted by Gasteiger charge is 1.93. The van der Waals surface area contributed by atoms with Crippen LogP contribution in [0.25, 0.3) is 0 Å². The summed E-state index contributed by atoms with van der Waals surface area (Å²) in [4.78, 5) is 9.99. The molecule has 0 saturated heterocycles. The molecule has 0 aliphatic carbocycles. The molecule has 1 aromatic rings. The van der Waals surface area contributed by atoms with E-state index in [9.17, 15) is 4.79 Å². The number of hydrogen-bond acceptors (Lipinski definition) is 2. The molecule has 1 rings (SSSR count). The van der Waals surface area contributed by atoms with Crippen molar-refractivity contribution in [2.75, 3.05) is 0 Å². The lowest BCUT2D eigenvalue weighted by Gasteiger charge is -1.96. The van der Waals surface area contributed by atoms with Crippen LogP contribution in [0.4, 0.5) is 0 Å². The van der Waals surface area contributed by atoms with Crippen molar-refractivity contribution in [2.24, 2.45) is 5.73 Å². The molecule has 1 aromatic carbocycles. The number of amidine groups is 1. The van der Waals surface area contributed by atoms with E-state index in [-0.39, 0.29) is 12.3 Å². The first-order chi connectivity index (χ1) is 6.74. The average molecular weight is 186 g/mol. The van der Waals surface area contributed by atoms with Crippen LogP contribution >= 0.6 is 0 Å². The van der Waals surface area contributed by atoms with Gasteiger partial charge in [0, 0.05) is 11.1 Å². The molecule has 3 N–H and O–H groups in total. The van der Waals surface area contributed by atoms with Gasteiger partial charge in [-0.25, -0.2) is 0 Å². The Labute approximate surface area is 82.4 Å². The van der Waals surface area contributed by atoms with Gasteiger partial charge in [0.2, 0.25) is 0 Å². The average Bonchev–Trinajstić information content (AvgIpc) is 2.19. The predicted octanol–water partition coefficient (Wildman–Crippen LogP) is 0.911. The van der Waals surface area contributed by atoms with E-state index in [0.717, 1.165) is 11.8 Å². The van der Waals surface area contributed by atoms with Crippen molar-refractivity contribution in [1.82, 2.24) is 0 Å². The topological polar surface area (TPSA) is 66.9 Å². The largest absolute Gasteiger partial charge is 0.384 e. The molecule has 0 saturated carbocycles. The molecular formula is C11H10N2O. The Balaban J connectivity index is 2.80. The maximum absolute atomic E-state index is 9.99. The van der Waals surface area contributed by atoms with Gasteiger partial charge in [-0.1, -0.05) is 24.0 Å². The molecule has 3 nitrogen and oxygen atoms in total. The number of benzene rings is 1. The van der Waals surface area contributed by atoms with Crippen molar-refractivity contribution in [2.45, 2.75) is 6.42 Å². The zero-order chi connectivity index (χ0) is 10.4. The highest BCUT2D eigenvalue weighted by atomic mass is 16.1. The maximum atomic E-state index is 9.99. The van der Waals surface area contributed by atoms with E-state index in [1.54, 1.807) is 24.3 Å². The van der Waals surface area contributed by atoms with Gasteiger partial charge >= 0.3 is 0 Å². The van der Waals surface area contributed by atoms with Crippen LogP contribution in [-0.2, 0) is 4.79 Å². The SMILES string of the molecule is N=C(N)c1ccc(C#CCC=O)cc1. The van der Waals surface area contributed by atoms with Gasteiger partial charge in [0.1, 0.15) is 12.1 Å². The monoisotopic (exact) mass is 186 g/mol. The Morgan fingerprint density at radius 2 is 2.07 bits per heavy atom. The molecule has 0 atom stereocenters. The van der Waals surface area contributed by atoms with Crippen molar-refractivity contribution >= 4 is 12.1 Å². The van der Waals surface area contributed by atoms with Crippen LogP contribution in [0.5, 0.6) is 0 Å². The van der Waals surface area contributed by atoms with Crippen molar-refractivity contribution in [1.29, 1.82) is 5.41 Å². The summed E-state index contributed by atoms with van der Waals surface area (Å²) in [6.07, 6.45) is 1.01. The smallest absolute Gasteiger partial charge is 0.131 e. The van der Waals surface area contributed by atoms with Gasteiger partial charge in [-0.15, -0.1) is 0 Å². The first-order valence-electron chi connectivity index (χ1n) is 4.11. The van der Waals surface area contributed by atoms with Crippen LogP contribution < -0.4 is 5.73 Å². The third-order valence-corrected chi connectivity index (χ3v) is 1.61. The minimum absolute atomic E-state index is 0.0393. The molecule has 70 valence electrons. The lowest BCUT2D eigenvalue weighted by molar-refractivity contribution is -0.107. The first-order valence-corrected chi connectivity index (χ1v) is 4.11. The number of carbonyl (C=O) groups is 1. The van der Waals surface area contributed by atoms with Crippen molar-refractivity contribution < 1.29 is 4.79 Å². The van der Waals surface area contributed by atoms with E-state index in [4.69, 9.17) is 11.1 Å². The van der Waals surface area contributed by atoms with E-state index in [2.05, 4.69) is 11.8 Å². The molecule has 0 aliphatic rings. The number of rotatable bonds is 2. The summed E-state index contributed by atoms with van der Waals surface area (Å²) in [5, 5.41) is 7.17. The van der Waals surface area contributed by atoms with Gasteiger partial charge < -0.3 is 10.5 Å². The molecule has 3 heteroatoms. The standard InChI is InChI=1S/C11H10N2O/c12-11(13)10-6-4-9(5-7-10)3-1-2-8-14/h4-8H,2H2,(H3,12,13). The summed E-state index contributed by atoms with van der Waals surface area (Å²) in [6.45, 7) is 0. The van der Waals surface area contributed by atoms with Gasteiger partial charge in [-0.3, -0.25) is 5.41 Å². The second-order valence-corrected chi connectivity index (χ2v) is 2.66. The van der Waals surface area contributed by atoms with Crippen LogP contribution in [0.3, 0.4) is 0 Å². The third kappa shape index (κ3) is 2.76. The van der Waals surface area contributed by atoms with Gasteiger partial charge in [0.05, 0.1) is 6.42 Å². The molecule has 0 fully saturated rings. The molecule has 0 radical (unpaired) electrons. The van der Waals surface area contributed by atoms with Crippen LogP contribution in [0.1, 0.15) is 17.5 Å². The quantitative estimate of drug-likeness (QED) is 0.312. The Morgan fingerprint density at radius 3 is 2.57 bits per heavy atom. The summed E-state index contributed by atoms with van der Waals surface area (Å²) in [5.41, 5.74) is 6.78. The Morgan fingerprint density at radius 1 is 1.43 bits per heavy atom. The number of nitrogens with one attached hydrogen (secondary N) is 1. The van der Waals surface area contributed by atoms with Crippen molar-refractivity contribution in [3.8, 4) is 11.8 Å². The number of nitrogens with two attached hydrogens (primary N) is 1. The minimum Gasteiger partial charge on any atom is -0.384 e.